The van der Waals surface area contributed by atoms with E-state index in [1.807, 2.05) is 32.0 Å². The zero-order valence-electron chi connectivity index (χ0n) is 10.8. The summed E-state index contributed by atoms with van der Waals surface area (Å²) < 4.78 is 11.0. The summed E-state index contributed by atoms with van der Waals surface area (Å²) in [6.07, 6.45) is 1.58. The molecule has 0 aromatic heterocycles. The van der Waals surface area contributed by atoms with E-state index < -0.39 is 0 Å². The summed E-state index contributed by atoms with van der Waals surface area (Å²) in [7, 11) is 0. The standard InChI is InChI=1S/C14H23NO2/c1-3-16-14(17-4-2)11-10-13(15)12-8-6-5-7-9-12/h5-9,13-14H,3-4,10-11,15H2,1-2H3/t13-/m1/s1. The second-order valence-electron chi connectivity index (χ2n) is 3.93. The highest BCUT2D eigenvalue weighted by Crippen LogP contribution is 2.17. The van der Waals surface area contributed by atoms with Crippen molar-refractivity contribution in [2.75, 3.05) is 13.2 Å². The first-order valence-corrected chi connectivity index (χ1v) is 6.31. The van der Waals surface area contributed by atoms with Crippen molar-refractivity contribution >= 4 is 0 Å². The van der Waals surface area contributed by atoms with E-state index in [4.69, 9.17) is 15.2 Å². The van der Waals surface area contributed by atoms with Crippen molar-refractivity contribution in [3.05, 3.63) is 35.9 Å². The van der Waals surface area contributed by atoms with Crippen LogP contribution in [0.25, 0.3) is 0 Å². The van der Waals surface area contributed by atoms with E-state index in [0.29, 0.717) is 13.2 Å². The molecule has 17 heavy (non-hydrogen) atoms. The molecule has 2 N–H and O–H groups in total. The fourth-order valence-corrected chi connectivity index (χ4v) is 1.77. The SMILES string of the molecule is CCOC(CC[C@@H](N)c1ccccc1)OCC. The van der Waals surface area contributed by atoms with Gasteiger partial charge in [-0.05, 0) is 25.8 Å². The molecule has 1 atom stereocenters. The summed E-state index contributed by atoms with van der Waals surface area (Å²) in [5.41, 5.74) is 7.29. The van der Waals surface area contributed by atoms with Crippen LogP contribution in [0.5, 0.6) is 0 Å². The van der Waals surface area contributed by atoms with Gasteiger partial charge in [-0.1, -0.05) is 30.3 Å². The Morgan fingerprint density at radius 1 is 1.00 bits per heavy atom. The van der Waals surface area contributed by atoms with Crippen LogP contribution in [0.4, 0.5) is 0 Å². The van der Waals surface area contributed by atoms with Crippen LogP contribution < -0.4 is 5.73 Å². The van der Waals surface area contributed by atoms with Gasteiger partial charge in [0.25, 0.3) is 0 Å². The second kappa shape index (κ2) is 8.23. The molecule has 96 valence electrons. The maximum Gasteiger partial charge on any atom is 0.157 e. The van der Waals surface area contributed by atoms with Crippen LogP contribution in [0.1, 0.15) is 38.3 Å². The van der Waals surface area contributed by atoms with Crippen LogP contribution in [0, 0.1) is 0 Å². The van der Waals surface area contributed by atoms with Crippen molar-refractivity contribution in [1.29, 1.82) is 0 Å². The number of ether oxygens (including phenoxy) is 2. The molecule has 0 spiro atoms. The first-order valence-electron chi connectivity index (χ1n) is 6.31. The lowest BCUT2D eigenvalue weighted by Crippen LogP contribution is -2.20. The van der Waals surface area contributed by atoms with Gasteiger partial charge >= 0.3 is 0 Å². The molecule has 0 unspecified atom stereocenters. The van der Waals surface area contributed by atoms with Crippen LogP contribution in [-0.4, -0.2) is 19.5 Å². The molecule has 0 amide bonds. The molecule has 3 heteroatoms. The van der Waals surface area contributed by atoms with E-state index >= 15 is 0 Å². The Hall–Kier alpha value is -0.900. The predicted molar refractivity (Wildman–Crippen MR) is 69.6 cm³/mol. The Labute approximate surface area is 104 Å². The molecule has 0 aliphatic carbocycles. The average molecular weight is 237 g/mol. The lowest BCUT2D eigenvalue weighted by molar-refractivity contribution is -0.140. The third-order valence-electron chi connectivity index (χ3n) is 2.65. The molecular weight excluding hydrogens is 214 g/mol. The van der Waals surface area contributed by atoms with Gasteiger partial charge in [-0.15, -0.1) is 0 Å². The summed E-state index contributed by atoms with van der Waals surface area (Å²) in [5.74, 6) is 0. The van der Waals surface area contributed by atoms with Gasteiger partial charge in [0.1, 0.15) is 0 Å². The van der Waals surface area contributed by atoms with Crippen molar-refractivity contribution in [1.82, 2.24) is 0 Å². The van der Waals surface area contributed by atoms with Gasteiger partial charge in [-0.25, -0.2) is 0 Å². The minimum atomic E-state index is -0.125. The van der Waals surface area contributed by atoms with Gasteiger partial charge in [-0.3, -0.25) is 0 Å². The Morgan fingerprint density at radius 2 is 1.59 bits per heavy atom. The summed E-state index contributed by atoms with van der Waals surface area (Å²) in [5, 5.41) is 0. The quantitative estimate of drug-likeness (QED) is 0.707. The second-order valence-corrected chi connectivity index (χ2v) is 3.93. The Morgan fingerprint density at radius 3 is 2.12 bits per heavy atom. The molecule has 0 radical (unpaired) electrons. The minimum Gasteiger partial charge on any atom is -0.353 e. The maximum absolute atomic E-state index is 6.12. The molecule has 1 rings (SSSR count). The molecule has 0 heterocycles. The lowest BCUT2D eigenvalue weighted by atomic mass is 10.0. The Balaban J connectivity index is 2.38. The molecule has 0 aliphatic rings. The van der Waals surface area contributed by atoms with E-state index in [-0.39, 0.29) is 12.3 Å². The highest BCUT2D eigenvalue weighted by Gasteiger charge is 2.12. The van der Waals surface area contributed by atoms with Gasteiger partial charge in [0.15, 0.2) is 6.29 Å². The average Bonchev–Trinajstić information content (AvgIpc) is 2.37. The molecule has 0 bridgehead atoms. The number of rotatable bonds is 8. The summed E-state index contributed by atoms with van der Waals surface area (Å²) in [6, 6.07) is 10.2. The zero-order valence-corrected chi connectivity index (χ0v) is 10.8. The molecule has 3 nitrogen and oxygen atoms in total. The van der Waals surface area contributed by atoms with Gasteiger partial charge in [0.05, 0.1) is 0 Å². The first kappa shape index (κ1) is 14.2. The zero-order chi connectivity index (χ0) is 12.5. The number of benzene rings is 1. The van der Waals surface area contributed by atoms with Gasteiger partial charge < -0.3 is 15.2 Å². The van der Waals surface area contributed by atoms with Crippen LogP contribution in [0.3, 0.4) is 0 Å². The lowest BCUT2D eigenvalue weighted by Gasteiger charge is -2.19. The number of nitrogens with two attached hydrogens (primary N) is 1. The van der Waals surface area contributed by atoms with E-state index in [2.05, 4.69) is 12.1 Å². The highest BCUT2D eigenvalue weighted by atomic mass is 16.7. The van der Waals surface area contributed by atoms with Gasteiger partial charge in [-0.2, -0.15) is 0 Å². The van der Waals surface area contributed by atoms with Crippen molar-refractivity contribution < 1.29 is 9.47 Å². The van der Waals surface area contributed by atoms with E-state index in [0.717, 1.165) is 12.8 Å². The van der Waals surface area contributed by atoms with Crippen LogP contribution in [-0.2, 0) is 9.47 Å². The van der Waals surface area contributed by atoms with Gasteiger partial charge in [0, 0.05) is 25.7 Å². The largest absolute Gasteiger partial charge is 0.353 e. The van der Waals surface area contributed by atoms with Crippen LogP contribution in [0.2, 0.25) is 0 Å². The maximum atomic E-state index is 6.12. The van der Waals surface area contributed by atoms with E-state index in [1.165, 1.54) is 5.56 Å². The molecule has 1 aromatic carbocycles. The van der Waals surface area contributed by atoms with Crippen LogP contribution >= 0.6 is 0 Å². The van der Waals surface area contributed by atoms with Crippen molar-refractivity contribution in [3.63, 3.8) is 0 Å². The minimum absolute atomic E-state index is 0.0552. The topological polar surface area (TPSA) is 44.5 Å². The van der Waals surface area contributed by atoms with Crippen molar-refractivity contribution in [2.45, 2.75) is 39.0 Å². The fourth-order valence-electron chi connectivity index (χ4n) is 1.77. The molecule has 0 fully saturated rings. The monoisotopic (exact) mass is 237 g/mol. The van der Waals surface area contributed by atoms with Crippen molar-refractivity contribution in [3.8, 4) is 0 Å². The summed E-state index contributed by atoms with van der Waals surface area (Å²) in [4.78, 5) is 0. The third-order valence-corrected chi connectivity index (χ3v) is 2.65. The Bertz CT molecular complexity index is 284. The highest BCUT2D eigenvalue weighted by molar-refractivity contribution is 5.18. The molecule has 0 saturated heterocycles. The normalized spacial score (nSPS) is 12.9. The van der Waals surface area contributed by atoms with Crippen LogP contribution in [0.15, 0.2) is 30.3 Å². The smallest absolute Gasteiger partial charge is 0.157 e. The van der Waals surface area contributed by atoms with Crippen molar-refractivity contribution in [2.24, 2.45) is 5.73 Å². The number of hydrogen-bond donors (Lipinski definition) is 1. The number of hydrogen-bond acceptors (Lipinski definition) is 3. The summed E-state index contributed by atoms with van der Waals surface area (Å²) >= 11 is 0. The Kier molecular flexibility index (Phi) is 6.86. The predicted octanol–water partition coefficient (Wildman–Crippen LogP) is 2.87. The molecule has 0 saturated carbocycles. The molecule has 0 aliphatic heterocycles. The fraction of sp³-hybridized carbons (Fsp3) is 0.571. The molecular formula is C14H23NO2. The van der Waals surface area contributed by atoms with E-state index in [1.54, 1.807) is 0 Å². The summed E-state index contributed by atoms with van der Waals surface area (Å²) in [6.45, 7) is 5.29. The molecule has 1 aromatic rings. The first-order chi connectivity index (χ1) is 8.27. The van der Waals surface area contributed by atoms with E-state index in [9.17, 15) is 0 Å². The van der Waals surface area contributed by atoms with Gasteiger partial charge in [0.2, 0.25) is 0 Å². The third kappa shape index (κ3) is 5.31.